The highest BCUT2D eigenvalue weighted by Gasteiger charge is 2.37. The Morgan fingerprint density at radius 3 is 2.71 bits per heavy atom. The van der Waals surface area contributed by atoms with Crippen LogP contribution in [0.3, 0.4) is 0 Å². The lowest BCUT2D eigenvalue weighted by atomic mass is 9.98. The molecule has 2 aromatic carbocycles. The fourth-order valence-corrected chi connectivity index (χ4v) is 5.06. The van der Waals surface area contributed by atoms with E-state index in [0.29, 0.717) is 30.8 Å². The number of nitrogens with zero attached hydrogens (tertiary/aromatic N) is 3. The smallest absolute Gasteiger partial charge is 0.255 e. The van der Waals surface area contributed by atoms with Crippen molar-refractivity contribution in [3.8, 4) is 0 Å². The minimum atomic E-state index is -0.0499. The lowest BCUT2D eigenvalue weighted by Gasteiger charge is -2.40. The molecular formula is C25H29N3O3. The van der Waals surface area contributed by atoms with E-state index in [1.54, 1.807) is 0 Å². The quantitative estimate of drug-likeness (QED) is 0.765. The number of fused-ring (bicyclic) bond motifs is 1. The van der Waals surface area contributed by atoms with Gasteiger partial charge in [-0.2, -0.15) is 0 Å². The average molecular weight is 420 g/mol. The van der Waals surface area contributed by atoms with Crippen LogP contribution in [0.15, 0.2) is 48.5 Å². The van der Waals surface area contributed by atoms with Crippen molar-refractivity contribution in [2.45, 2.75) is 31.5 Å². The Bertz CT molecular complexity index is 971. The van der Waals surface area contributed by atoms with Crippen LogP contribution in [0.1, 0.15) is 50.7 Å². The molecule has 0 radical (unpaired) electrons. The Morgan fingerprint density at radius 1 is 1.10 bits per heavy atom. The van der Waals surface area contributed by atoms with Gasteiger partial charge in [0.1, 0.15) is 0 Å². The summed E-state index contributed by atoms with van der Waals surface area (Å²) < 4.78 is 5.73. The van der Waals surface area contributed by atoms with Crippen LogP contribution in [0.5, 0.6) is 0 Å². The number of piperazine rings is 1. The highest BCUT2D eigenvalue weighted by Crippen LogP contribution is 2.32. The zero-order chi connectivity index (χ0) is 21.4. The molecule has 0 aromatic heterocycles. The molecule has 31 heavy (non-hydrogen) atoms. The summed E-state index contributed by atoms with van der Waals surface area (Å²) in [6, 6.07) is 15.8. The lowest BCUT2D eigenvalue weighted by molar-refractivity contribution is 0.0486. The summed E-state index contributed by atoms with van der Waals surface area (Å²) in [4.78, 5) is 33.1. The predicted molar refractivity (Wildman–Crippen MR) is 118 cm³/mol. The normalized spacial score (nSPS) is 24.0. The van der Waals surface area contributed by atoms with Crippen molar-refractivity contribution >= 4 is 11.8 Å². The summed E-state index contributed by atoms with van der Waals surface area (Å²) in [6.07, 6.45) is 2.15. The molecule has 162 valence electrons. The van der Waals surface area contributed by atoms with E-state index in [9.17, 15) is 9.59 Å². The molecule has 0 bridgehead atoms. The minimum Gasteiger partial charge on any atom is -0.376 e. The van der Waals surface area contributed by atoms with E-state index in [1.807, 2.05) is 46.2 Å². The molecule has 2 amide bonds. The predicted octanol–water partition coefficient (Wildman–Crippen LogP) is 2.95. The number of carbonyl (C=O) groups excluding carboxylic acids is 2. The lowest BCUT2D eigenvalue weighted by Crippen LogP contribution is -2.49. The van der Waals surface area contributed by atoms with Gasteiger partial charge < -0.3 is 19.4 Å². The Morgan fingerprint density at radius 2 is 1.94 bits per heavy atom. The van der Waals surface area contributed by atoms with Gasteiger partial charge in [-0.1, -0.05) is 42.5 Å². The second-order valence-corrected chi connectivity index (χ2v) is 8.85. The first-order valence-corrected chi connectivity index (χ1v) is 11.2. The van der Waals surface area contributed by atoms with Crippen LogP contribution in [-0.2, 0) is 11.3 Å². The number of likely N-dealkylation sites (N-methyl/N-ethyl adjacent to an activating group) is 1. The molecule has 0 spiro atoms. The molecule has 0 unspecified atom stereocenters. The van der Waals surface area contributed by atoms with Crippen molar-refractivity contribution in [3.05, 3.63) is 70.8 Å². The van der Waals surface area contributed by atoms with Crippen LogP contribution in [0.4, 0.5) is 0 Å². The number of benzene rings is 2. The second-order valence-electron chi connectivity index (χ2n) is 8.85. The number of hydrogen-bond donors (Lipinski definition) is 0. The highest BCUT2D eigenvalue weighted by atomic mass is 16.5. The van der Waals surface area contributed by atoms with Crippen molar-refractivity contribution in [2.75, 3.05) is 39.8 Å². The van der Waals surface area contributed by atoms with Crippen LogP contribution in [0.2, 0.25) is 0 Å². The summed E-state index contributed by atoms with van der Waals surface area (Å²) in [7, 11) is 2.09. The van der Waals surface area contributed by atoms with E-state index in [4.69, 9.17) is 4.74 Å². The van der Waals surface area contributed by atoms with Crippen LogP contribution in [0.25, 0.3) is 0 Å². The molecule has 5 rings (SSSR count). The number of ether oxygens (including phenoxy) is 1. The van der Waals surface area contributed by atoms with Crippen LogP contribution >= 0.6 is 0 Å². The molecule has 6 heteroatoms. The van der Waals surface area contributed by atoms with Gasteiger partial charge in [0.05, 0.1) is 23.3 Å². The van der Waals surface area contributed by atoms with E-state index in [-0.39, 0.29) is 24.0 Å². The minimum absolute atomic E-state index is 0.0252. The summed E-state index contributed by atoms with van der Waals surface area (Å²) in [6.45, 7) is 4.18. The monoisotopic (exact) mass is 419 g/mol. The van der Waals surface area contributed by atoms with Crippen molar-refractivity contribution in [2.24, 2.45) is 0 Å². The largest absolute Gasteiger partial charge is 0.376 e. The third kappa shape index (κ3) is 3.86. The first-order chi connectivity index (χ1) is 15.1. The Hall–Kier alpha value is -2.70. The maximum atomic E-state index is 13.8. The molecule has 3 aliphatic heterocycles. The van der Waals surface area contributed by atoms with Gasteiger partial charge in [0, 0.05) is 39.3 Å². The number of carbonyl (C=O) groups is 2. The van der Waals surface area contributed by atoms with Crippen molar-refractivity contribution in [1.82, 2.24) is 14.7 Å². The van der Waals surface area contributed by atoms with E-state index in [0.717, 1.165) is 43.7 Å². The van der Waals surface area contributed by atoms with Gasteiger partial charge >= 0.3 is 0 Å². The molecule has 2 atom stereocenters. The Labute approximate surface area is 183 Å². The fraction of sp³-hybridized carbons (Fsp3) is 0.440. The average Bonchev–Trinajstić information content (AvgIpc) is 3.42. The first-order valence-electron chi connectivity index (χ1n) is 11.2. The maximum absolute atomic E-state index is 13.8. The molecule has 3 aliphatic rings. The maximum Gasteiger partial charge on any atom is 0.255 e. The Balaban J connectivity index is 1.43. The summed E-state index contributed by atoms with van der Waals surface area (Å²) in [5.41, 5.74) is 3.18. The van der Waals surface area contributed by atoms with Gasteiger partial charge in [-0.25, -0.2) is 0 Å². The third-order valence-electron chi connectivity index (χ3n) is 6.72. The second kappa shape index (κ2) is 8.44. The molecule has 2 fully saturated rings. The number of hydrogen-bond acceptors (Lipinski definition) is 4. The molecule has 2 saturated heterocycles. The van der Waals surface area contributed by atoms with Crippen molar-refractivity contribution < 1.29 is 14.3 Å². The van der Waals surface area contributed by atoms with Gasteiger partial charge in [-0.3, -0.25) is 9.59 Å². The van der Waals surface area contributed by atoms with Crippen LogP contribution in [-0.4, -0.2) is 72.5 Å². The van der Waals surface area contributed by atoms with E-state index < -0.39 is 0 Å². The number of amides is 2. The standard InChI is InChI=1S/C25H29N3O3/c1-26-12-13-28(22(17-26)18-7-3-2-4-8-18)24(29)21-11-5-9-19-15-27(25(30)23(19)21)16-20-10-6-14-31-20/h2-5,7-9,11,20,22H,6,10,12-17H2,1H3/t20-,22+/m0/s1. The molecule has 3 heterocycles. The highest BCUT2D eigenvalue weighted by molar-refractivity contribution is 6.09. The SMILES string of the molecule is CN1CCN(C(=O)c2cccc3c2C(=O)N(C[C@@H]2CCCO2)C3)[C@@H](c2ccccc2)C1. The van der Waals surface area contributed by atoms with E-state index in [1.165, 1.54) is 0 Å². The molecule has 0 saturated carbocycles. The molecule has 0 N–H and O–H groups in total. The van der Waals surface area contributed by atoms with Crippen LogP contribution < -0.4 is 0 Å². The number of rotatable bonds is 4. The van der Waals surface area contributed by atoms with Crippen LogP contribution in [0, 0.1) is 0 Å². The van der Waals surface area contributed by atoms with Crippen molar-refractivity contribution in [1.29, 1.82) is 0 Å². The van der Waals surface area contributed by atoms with Gasteiger partial charge in [-0.05, 0) is 37.1 Å². The molecule has 2 aromatic rings. The zero-order valence-electron chi connectivity index (χ0n) is 18.0. The molecule has 0 aliphatic carbocycles. The van der Waals surface area contributed by atoms with Gasteiger partial charge in [0.25, 0.3) is 11.8 Å². The summed E-state index contributed by atoms with van der Waals surface area (Å²) >= 11 is 0. The van der Waals surface area contributed by atoms with Gasteiger partial charge in [0.2, 0.25) is 0 Å². The van der Waals surface area contributed by atoms with Gasteiger partial charge in [0.15, 0.2) is 0 Å². The Kier molecular flexibility index (Phi) is 5.50. The summed E-state index contributed by atoms with van der Waals surface area (Å²) in [5.74, 6) is -0.0917. The van der Waals surface area contributed by atoms with Gasteiger partial charge in [-0.15, -0.1) is 0 Å². The van der Waals surface area contributed by atoms with E-state index in [2.05, 4.69) is 24.1 Å². The van der Waals surface area contributed by atoms with E-state index >= 15 is 0 Å². The fourth-order valence-electron chi connectivity index (χ4n) is 5.06. The molecular weight excluding hydrogens is 390 g/mol. The van der Waals surface area contributed by atoms with Crippen molar-refractivity contribution in [3.63, 3.8) is 0 Å². The zero-order valence-corrected chi connectivity index (χ0v) is 18.0. The summed E-state index contributed by atoms with van der Waals surface area (Å²) in [5, 5.41) is 0. The first kappa shape index (κ1) is 20.2. The third-order valence-corrected chi connectivity index (χ3v) is 6.72. The molecule has 6 nitrogen and oxygen atoms in total. The topological polar surface area (TPSA) is 53.1 Å².